The fraction of sp³-hybridized carbons (Fsp3) is 0.0769. The first-order valence-electron chi connectivity index (χ1n) is 5.68. The Balaban J connectivity index is 2.07. The molecule has 0 amide bonds. The highest BCUT2D eigenvalue weighted by Crippen LogP contribution is 2.32. The molecule has 1 aromatic carbocycles. The van der Waals surface area contributed by atoms with Crippen LogP contribution < -0.4 is 11.3 Å². The fourth-order valence-corrected chi connectivity index (χ4v) is 3.15. The van der Waals surface area contributed by atoms with E-state index in [1.54, 1.807) is 18.5 Å². The van der Waals surface area contributed by atoms with Gasteiger partial charge < -0.3 is 0 Å². The molecule has 1 atom stereocenters. The van der Waals surface area contributed by atoms with Crippen LogP contribution in [0.4, 0.5) is 4.39 Å². The lowest BCUT2D eigenvalue weighted by Crippen LogP contribution is -2.28. The highest BCUT2D eigenvalue weighted by molar-refractivity contribution is 7.19. The third kappa shape index (κ3) is 2.33. The van der Waals surface area contributed by atoms with E-state index in [9.17, 15) is 4.39 Å². The van der Waals surface area contributed by atoms with E-state index >= 15 is 0 Å². The summed E-state index contributed by atoms with van der Waals surface area (Å²) in [5, 5.41) is 0.999. The van der Waals surface area contributed by atoms with Crippen molar-refractivity contribution in [2.45, 2.75) is 6.04 Å². The van der Waals surface area contributed by atoms with Gasteiger partial charge in [0.25, 0.3) is 0 Å². The van der Waals surface area contributed by atoms with Gasteiger partial charge in [0.1, 0.15) is 12.1 Å². The number of rotatable bonds is 3. The first-order chi connectivity index (χ1) is 9.28. The molecule has 3 N–H and O–H groups in total. The van der Waals surface area contributed by atoms with Gasteiger partial charge in [-0.25, -0.2) is 19.8 Å². The minimum atomic E-state index is -0.235. The lowest BCUT2D eigenvalue weighted by atomic mass is 10.1. The lowest BCUT2D eigenvalue weighted by Gasteiger charge is -2.13. The smallest absolute Gasteiger partial charge is 0.124 e. The summed E-state index contributed by atoms with van der Waals surface area (Å²) in [6.07, 6.45) is 4.89. The number of nitrogens with two attached hydrogens (primary N) is 1. The van der Waals surface area contributed by atoms with Gasteiger partial charge in [-0.2, -0.15) is 0 Å². The number of nitrogens with zero attached hydrogens (tertiary/aromatic N) is 2. The Kier molecular flexibility index (Phi) is 3.20. The van der Waals surface area contributed by atoms with Gasteiger partial charge in [-0.1, -0.05) is 6.07 Å². The van der Waals surface area contributed by atoms with Crippen molar-refractivity contribution in [3.05, 3.63) is 59.2 Å². The molecule has 0 aliphatic rings. The standard InChI is InChI=1S/C13H11FN4S/c14-10-2-1-8-3-12(19-11(8)4-10)13(18-15)9-5-16-7-17-6-9/h1-7,13,18H,15H2. The van der Waals surface area contributed by atoms with Crippen LogP contribution in [0.15, 0.2) is 43.0 Å². The van der Waals surface area contributed by atoms with Crippen LogP contribution in [0.2, 0.25) is 0 Å². The molecule has 6 heteroatoms. The van der Waals surface area contributed by atoms with E-state index in [-0.39, 0.29) is 11.9 Å². The molecule has 1 unspecified atom stereocenters. The predicted molar refractivity (Wildman–Crippen MR) is 73.0 cm³/mol. The molecule has 2 heterocycles. The monoisotopic (exact) mass is 274 g/mol. The largest absolute Gasteiger partial charge is 0.271 e. The lowest BCUT2D eigenvalue weighted by molar-refractivity contribution is 0.630. The Hall–Kier alpha value is -1.89. The molecule has 0 saturated carbocycles. The Morgan fingerprint density at radius 3 is 2.74 bits per heavy atom. The van der Waals surface area contributed by atoms with E-state index in [4.69, 9.17) is 5.84 Å². The predicted octanol–water partition coefficient (Wildman–Crippen LogP) is 2.38. The summed E-state index contributed by atoms with van der Waals surface area (Å²) in [6, 6.07) is 6.55. The van der Waals surface area contributed by atoms with E-state index in [0.717, 1.165) is 20.5 Å². The molecular formula is C13H11FN4S. The minimum Gasteiger partial charge on any atom is -0.271 e. The molecule has 0 radical (unpaired) electrons. The second-order valence-electron chi connectivity index (χ2n) is 4.10. The molecule has 3 aromatic rings. The molecule has 0 bridgehead atoms. The maximum atomic E-state index is 13.2. The van der Waals surface area contributed by atoms with E-state index in [2.05, 4.69) is 15.4 Å². The Morgan fingerprint density at radius 1 is 1.21 bits per heavy atom. The van der Waals surface area contributed by atoms with Crippen LogP contribution in [-0.4, -0.2) is 9.97 Å². The summed E-state index contributed by atoms with van der Waals surface area (Å²) in [7, 11) is 0. The van der Waals surface area contributed by atoms with Gasteiger partial charge in [-0.15, -0.1) is 11.3 Å². The third-order valence-electron chi connectivity index (χ3n) is 2.87. The quantitative estimate of drug-likeness (QED) is 0.568. The number of fused-ring (bicyclic) bond motifs is 1. The molecule has 0 saturated heterocycles. The minimum absolute atomic E-state index is 0.193. The van der Waals surface area contributed by atoms with Gasteiger partial charge in [-0.05, 0) is 23.6 Å². The number of hydrogen-bond donors (Lipinski definition) is 2. The maximum absolute atomic E-state index is 13.2. The summed E-state index contributed by atoms with van der Waals surface area (Å²) < 4.78 is 14.1. The van der Waals surface area contributed by atoms with Gasteiger partial charge in [0.2, 0.25) is 0 Å². The van der Waals surface area contributed by atoms with Gasteiger partial charge in [0.05, 0.1) is 6.04 Å². The van der Waals surface area contributed by atoms with Crippen molar-refractivity contribution in [2.75, 3.05) is 0 Å². The van der Waals surface area contributed by atoms with Crippen LogP contribution in [0.1, 0.15) is 16.5 Å². The third-order valence-corrected chi connectivity index (χ3v) is 4.03. The van der Waals surface area contributed by atoms with Crippen molar-refractivity contribution in [2.24, 2.45) is 5.84 Å². The van der Waals surface area contributed by atoms with Crippen molar-refractivity contribution in [1.82, 2.24) is 15.4 Å². The fourth-order valence-electron chi connectivity index (χ4n) is 1.97. The molecular weight excluding hydrogens is 263 g/mol. The van der Waals surface area contributed by atoms with E-state index in [1.807, 2.05) is 6.07 Å². The average molecular weight is 274 g/mol. The summed E-state index contributed by atoms with van der Waals surface area (Å²) in [5.74, 6) is 5.38. The molecule has 0 aliphatic carbocycles. The molecule has 3 rings (SSSR count). The van der Waals surface area contributed by atoms with Crippen molar-refractivity contribution in [1.29, 1.82) is 0 Å². The summed E-state index contributed by atoms with van der Waals surface area (Å²) in [5.41, 5.74) is 3.62. The summed E-state index contributed by atoms with van der Waals surface area (Å²) >= 11 is 1.50. The van der Waals surface area contributed by atoms with Crippen molar-refractivity contribution in [3.63, 3.8) is 0 Å². The second-order valence-corrected chi connectivity index (χ2v) is 5.22. The van der Waals surface area contributed by atoms with Gasteiger partial charge in [0, 0.05) is 27.5 Å². The number of benzene rings is 1. The Morgan fingerprint density at radius 2 is 2.00 bits per heavy atom. The van der Waals surface area contributed by atoms with E-state index in [1.165, 1.54) is 29.8 Å². The van der Waals surface area contributed by atoms with Gasteiger partial charge in [-0.3, -0.25) is 5.84 Å². The van der Waals surface area contributed by atoms with Crippen LogP contribution in [0.5, 0.6) is 0 Å². The molecule has 96 valence electrons. The molecule has 4 nitrogen and oxygen atoms in total. The number of nitrogens with one attached hydrogen (secondary N) is 1. The van der Waals surface area contributed by atoms with Gasteiger partial charge in [0.15, 0.2) is 0 Å². The van der Waals surface area contributed by atoms with Crippen molar-refractivity contribution < 1.29 is 4.39 Å². The SMILES string of the molecule is NNC(c1cncnc1)c1cc2ccc(F)cc2s1. The number of aromatic nitrogens is 2. The van der Waals surface area contributed by atoms with Crippen LogP contribution in [-0.2, 0) is 0 Å². The first kappa shape index (κ1) is 12.2. The molecule has 0 fully saturated rings. The van der Waals surface area contributed by atoms with E-state index in [0.29, 0.717) is 0 Å². The molecule has 0 aliphatic heterocycles. The van der Waals surface area contributed by atoms with Crippen molar-refractivity contribution >= 4 is 21.4 Å². The average Bonchev–Trinajstić information content (AvgIpc) is 2.83. The molecule has 0 spiro atoms. The zero-order valence-corrected chi connectivity index (χ0v) is 10.7. The molecule has 19 heavy (non-hydrogen) atoms. The number of halogens is 1. The number of thiophene rings is 1. The topological polar surface area (TPSA) is 63.8 Å². The zero-order chi connectivity index (χ0) is 13.2. The zero-order valence-electron chi connectivity index (χ0n) is 9.88. The van der Waals surface area contributed by atoms with Gasteiger partial charge >= 0.3 is 0 Å². The Bertz CT molecular complexity index is 698. The maximum Gasteiger partial charge on any atom is 0.124 e. The second kappa shape index (κ2) is 5.00. The molecule has 2 aromatic heterocycles. The number of hydrogen-bond acceptors (Lipinski definition) is 5. The van der Waals surface area contributed by atoms with Crippen LogP contribution in [0, 0.1) is 5.82 Å². The highest BCUT2D eigenvalue weighted by atomic mass is 32.1. The van der Waals surface area contributed by atoms with Crippen LogP contribution >= 0.6 is 11.3 Å². The summed E-state index contributed by atoms with van der Waals surface area (Å²) in [6.45, 7) is 0. The summed E-state index contributed by atoms with van der Waals surface area (Å²) in [4.78, 5) is 8.97. The number of hydrazine groups is 1. The van der Waals surface area contributed by atoms with Crippen molar-refractivity contribution in [3.8, 4) is 0 Å². The highest BCUT2D eigenvalue weighted by Gasteiger charge is 2.16. The Labute approximate surface area is 113 Å². The first-order valence-corrected chi connectivity index (χ1v) is 6.49. The normalized spacial score (nSPS) is 12.7. The van der Waals surface area contributed by atoms with Crippen LogP contribution in [0.3, 0.4) is 0 Å². The van der Waals surface area contributed by atoms with Crippen LogP contribution in [0.25, 0.3) is 10.1 Å². The van der Waals surface area contributed by atoms with E-state index < -0.39 is 0 Å².